The van der Waals surface area contributed by atoms with E-state index in [2.05, 4.69) is 17.0 Å². The van der Waals surface area contributed by atoms with Crippen LogP contribution in [0.5, 0.6) is 5.88 Å². The molecule has 0 amide bonds. The smallest absolute Gasteiger partial charge is 0.335 e. The number of benzene rings is 2. The van der Waals surface area contributed by atoms with Crippen LogP contribution in [0, 0.1) is 0 Å². The van der Waals surface area contributed by atoms with Gasteiger partial charge in [0.05, 0.1) is 28.0 Å². The molecule has 1 aromatic heterocycles. The van der Waals surface area contributed by atoms with Gasteiger partial charge in [-0.25, -0.2) is 4.79 Å². The fourth-order valence-electron chi connectivity index (χ4n) is 4.37. The van der Waals surface area contributed by atoms with Crippen LogP contribution in [-0.2, 0) is 13.6 Å². The van der Waals surface area contributed by atoms with Crippen molar-refractivity contribution >= 4 is 28.3 Å². The van der Waals surface area contributed by atoms with E-state index in [-0.39, 0.29) is 11.4 Å². The molecule has 31 heavy (non-hydrogen) atoms. The molecule has 6 nitrogen and oxygen atoms in total. The molecular weight excluding hydrogens is 390 g/mol. The second-order valence-corrected chi connectivity index (χ2v) is 8.21. The number of aromatic nitrogens is 1. The first kappa shape index (κ1) is 21.1. The van der Waals surface area contributed by atoms with Gasteiger partial charge in [-0.2, -0.15) is 0 Å². The zero-order valence-electron chi connectivity index (χ0n) is 18.1. The fourth-order valence-corrected chi connectivity index (χ4v) is 4.37. The molecule has 2 heterocycles. The number of aliphatic imine (C=N–C) groups is 1. The van der Waals surface area contributed by atoms with Crippen molar-refractivity contribution in [3.8, 4) is 5.88 Å². The number of nitrogens with zero attached hydrogens (tertiary/aromatic N) is 3. The van der Waals surface area contributed by atoms with E-state index < -0.39 is 5.97 Å². The van der Waals surface area contributed by atoms with Crippen LogP contribution < -0.4 is 0 Å². The maximum atomic E-state index is 11.4. The van der Waals surface area contributed by atoms with Crippen LogP contribution in [0.4, 0.5) is 5.69 Å². The number of likely N-dealkylation sites (tertiary alicyclic amines) is 1. The van der Waals surface area contributed by atoms with Crippen molar-refractivity contribution in [3.05, 3.63) is 59.2 Å². The Morgan fingerprint density at radius 3 is 2.42 bits per heavy atom. The summed E-state index contributed by atoms with van der Waals surface area (Å²) < 4.78 is 1.67. The molecule has 0 unspecified atom stereocenters. The van der Waals surface area contributed by atoms with Crippen LogP contribution in [0.15, 0.2) is 47.5 Å². The highest BCUT2D eigenvalue weighted by Crippen LogP contribution is 2.33. The predicted octanol–water partition coefficient (Wildman–Crippen LogP) is 5.10. The average molecular weight is 420 g/mol. The number of carbonyl (C=O) groups is 1. The van der Waals surface area contributed by atoms with Crippen molar-refractivity contribution in [1.82, 2.24) is 9.47 Å². The molecular formula is C25H29N3O3. The van der Waals surface area contributed by atoms with Gasteiger partial charge < -0.3 is 14.8 Å². The summed E-state index contributed by atoms with van der Waals surface area (Å²) in [6.07, 6.45) is 4.50. The molecule has 1 aliphatic rings. The quantitative estimate of drug-likeness (QED) is 0.545. The first-order valence-electron chi connectivity index (χ1n) is 10.9. The molecule has 0 spiro atoms. The Morgan fingerprint density at radius 1 is 1.06 bits per heavy atom. The van der Waals surface area contributed by atoms with Crippen LogP contribution in [0.3, 0.4) is 0 Å². The van der Waals surface area contributed by atoms with Crippen LogP contribution in [0.2, 0.25) is 0 Å². The zero-order chi connectivity index (χ0) is 22.0. The minimum Gasteiger partial charge on any atom is -0.494 e. The van der Waals surface area contributed by atoms with Gasteiger partial charge in [0.15, 0.2) is 0 Å². The fraction of sp³-hybridized carbons (Fsp3) is 0.360. The molecule has 3 aromatic rings. The molecule has 0 bridgehead atoms. The highest BCUT2D eigenvalue weighted by Gasteiger charge is 2.20. The molecule has 0 atom stereocenters. The van der Waals surface area contributed by atoms with Crippen LogP contribution in [0.1, 0.15) is 54.1 Å². The van der Waals surface area contributed by atoms with Gasteiger partial charge in [-0.3, -0.25) is 9.89 Å². The summed E-state index contributed by atoms with van der Waals surface area (Å²) in [6, 6.07) is 13.2. The normalized spacial score (nSPS) is 15.5. The highest BCUT2D eigenvalue weighted by molar-refractivity contribution is 6.14. The minimum absolute atomic E-state index is 0.0971. The number of carboxylic acid groups (broad SMARTS) is 1. The summed E-state index contributed by atoms with van der Waals surface area (Å²) in [6.45, 7) is 5.28. The van der Waals surface area contributed by atoms with E-state index >= 15 is 0 Å². The molecule has 6 heteroatoms. The number of aromatic hydroxyl groups is 1. The summed E-state index contributed by atoms with van der Waals surface area (Å²) >= 11 is 0. The van der Waals surface area contributed by atoms with Crippen molar-refractivity contribution in [1.29, 1.82) is 0 Å². The van der Waals surface area contributed by atoms with Crippen molar-refractivity contribution in [3.63, 3.8) is 0 Å². The van der Waals surface area contributed by atoms with Gasteiger partial charge in [0, 0.05) is 19.0 Å². The maximum Gasteiger partial charge on any atom is 0.335 e. The van der Waals surface area contributed by atoms with E-state index in [1.54, 1.807) is 29.8 Å². The molecule has 2 aromatic carbocycles. The van der Waals surface area contributed by atoms with Gasteiger partial charge in [0.1, 0.15) is 0 Å². The summed E-state index contributed by atoms with van der Waals surface area (Å²) in [7, 11) is 1.77. The first-order chi connectivity index (χ1) is 15.0. The Bertz CT molecular complexity index is 1120. The lowest BCUT2D eigenvalue weighted by atomic mass is 10.0. The average Bonchev–Trinajstić information content (AvgIpc) is 3.03. The Kier molecular flexibility index (Phi) is 6.09. The second kappa shape index (κ2) is 8.94. The predicted molar refractivity (Wildman–Crippen MR) is 124 cm³/mol. The lowest BCUT2D eigenvalue weighted by molar-refractivity contribution is 0.0697. The Morgan fingerprint density at radius 2 is 1.77 bits per heavy atom. The minimum atomic E-state index is -0.990. The number of fused-ring (bicyclic) bond motifs is 1. The lowest BCUT2D eigenvalue weighted by Crippen LogP contribution is -2.28. The Labute approximate surface area is 182 Å². The van der Waals surface area contributed by atoms with E-state index in [0.717, 1.165) is 23.5 Å². The third-order valence-corrected chi connectivity index (χ3v) is 6.09. The topological polar surface area (TPSA) is 78.1 Å². The maximum absolute atomic E-state index is 11.4. The molecule has 2 N–H and O–H groups in total. The number of carboxylic acids is 1. The van der Waals surface area contributed by atoms with E-state index in [1.807, 2.05) is 19.1 Å². The Hall–Kier alpha value is -3.12. The van der Waals surface area contributed by atoms with Gasteiger partial charge >= 0.3 is 5.97 Å². The van der Waals surface area contributed by atoms with Crippen molar-refractivity contribution in [2.45, 2.75) is 39.2 Å². The van der Waals surface area contributed by atoms with Crippen molar-refractivity contribution in [2.75, 3.05) is 13.1 Å². The van der Waals surface area contributed by atoms with E-state index in [4.69, 9.17) is 4.99 Å². The summed E-state index contributed by atoms with van der Waals surface area (Å²) in [5, 5.41) is 20.9. The first-order valence-corrected chi connectivity index (χ1v) is 10.9. The monoisotopic (exact) mass is 419 g/mol. The van der Waals surface area contributed by atoms with Gasteiger partial charge in [-0.05, 0) is 68.2 Å². The van der Waals surface area contributed by atoms with Gasteiger partial charge in [0.25, 0.3) is 0 Å². The van der Waals surface area contributed by atoms with Crippen LogP contribution in [0.25, 0.3) is 10.9 Å². The lowest BCUT2D eigenvalue weighted by Gasteiger charge is -2.26. The number of piperidine rings is 1. The third kappa shape index (κ3) is 4.35. The molecule has 0 radical (unpaired) electrons. The van der Waals surface area contributed by atoms with Crippen molar-refractivity contribution < 1.29 is 15.0 Å². The molecule has 162 valence electrons. The standard InChI is InChI=1S/C25H29N3O3/c1-3-21(23-20-15-18(25(30)31)9-12-22(20)27(2)24(23)29)26-19-10-7-17(8-11-19)16-28-13-5-4-6-14-28/h7-12,15,29H,3-6,13-14,16H2,1-2H3,(H,30,31). The molecule has 4 rings (SSSR count). The number of aromatic carboxylic acids is 1. The number of hydrogen-bond donors (Lipinski definition) is 2. The number of aryl methyl sites for hydroxylation is 1. The number of hydrogen-bond acceptors (Lipinski definition) is 4. The third-order valence-electron chi connectivity index (χ3n) is 6.09. The van der Waals surface area contributed by atoms with Gasteiger partial charge in [-0.1, -0.05) is 25.5 Å². The second-order valence-electron chi connectivity index (χ2n) is 8.21. The summed E-state index contributed by atoms with van der Waals surface area (Å²) in [5.41, 5.74) is 4.39. The Balaban J connectivity index is 1.66. The SMILES string of the molecule is CCC(=Nc1ccc(CN2CCCCC2)cc1)c1c(O)n(C)c2ccc(C(=O)O)cc12. The van der Waals surface area contributed by atoms with Crippen molar-refractivity contribution in [2.24, 2.45) is 12.0 Å². The molecule has 0 aliphatic carbocycles. The van der Waals surface area contributed by atoms with E-state index in [9.17, 15) is 15.0 Å². The molecule has 1 aliphatic heterocycles. The summed E-state index contributed by atoms with van der Waals surface area (Å²) in [5.74, 6) is -0.893. The van der Waals surface area contributed by atoms with Gasteiger partial charge in [-0.15, -0.1) is 0 Å². The van der Waals surface area contributed by atoms with Crippen LogP contribution in [-0.4, -0.2) is 44.5 Å². The number of rotatable bonds is 6. The van der Waals surface area contributed by atoms with E-state index in [0.29, 0.717) is 17.4 Å². The molecule has 1 fully saturated rings. The van der Waals surface area contributed by atoms with E-state index in [1.165, 1.54) is 37.9 Å². The zero-order valence-corrected chi connectivity index (χ0v) is 18.1. The summed E-state index contributed by atoms with van der Waals surface area (Å²) in [4.78, 5) is 18.8. The largest absolute Gasteiger partial charge is 0.494 e. The molecule has 1 saturated heterocycles. The molecule has 0 saturated carbocycles. The van der Waals surface area contributed by atoms with Gasteiger partial charge in [0.2, 0.25) is 5.88 Å². The highest BCUT2D eigenvalue weighted by atomic mass is 16.4. The van der Waals surface area contributed by atoms with Crippen LogP contribution >= 0.6 is 0 Å².